The predicted octanol–water partition coefficient (Wildman–Crippen LogP) is 4.09. The smallest absolute Gasteiger partial charge is 0.337 e. The van der Waals surface area contributed by atoms with Gasteiger partial charge in [-0.1, -0.05) is 20.4 Å². The van der Waals surface area contributed by atoms with E-state index in [9.17, 15) is 4.79 Å². The highest BCUT2D eigenvalue weighted by atomic mass is 16.5. The van der Waals surface area contributed by atoms with Crippen LogP contribution in [-0.2, 0) is 4.74 Å². The van der Waals surface area contributed by atoms with Gasteiger partial charge >= 0.3 is 5.97 Å². The van der Waals surface area contributed by atoms with Gasteiger partial charge in [0.2, 0.25) is 0 Å². The molecule has 3 rings (SSSR count). The summed E-state index contributed by atoms with van der Waals surface area (Å²) >= 11 is 0. The maximum atomic E-state index is 11.6. The van der Waals surface area contributed by atoms with E-state index in [-0.39, 0.29) is 5.97 Å². The van der Waals surface area contributed by atoms with Crippen molar-refractivity contribution in [3.05, 3.63) is 41.9 Å². The Morgan fingerprint density at radius 2 is 2.00 bits per heavy atom. The lowest BCUT2D eigenvalue weighted by molar-refractivity contribution is 0.0601. The van der Waals surface area contributed by atoms with Gasteiger partial charge in [0.1, 0.15) is 5.82 Å². The second-order valence-electron chi connectivity index (χ2n) is 5.84. The molecule has 0 amide bonds. The summed E-state index contributed by atoms with van der Waals surface area (Å²) in [5.74, 6) is 1.12. The molecule has 0 spiro atoms. The van der Waals surface area contributed by atoms with Crippen LogP contribution in [0.15, 0.2) is 30.5 Å². The number of carbonyl (C=O) groups is 1. The summed E-state index contributed by atoms with van der Waals surface area (Å²) in [5, 5.41) is 0. The van der Waals surface area contributed by atoms with Crippen LogP contribution < -0.4 is 0 Å². The number of allylic oxidation sites excluding steroid dienone is 1. The third-order valence-corrected chi connectivity index (χ3v) is 4.34. The highest BCUT2D eigenvalue weighted by molar-refractivity contribution is 5.93. The van der Waals surface area contributed by atoms with Gasteiger partial charge in [-0.2, -0.15) is 0 Å². The number of aromatic amines is 1. The molecule has 0 radical (unpaired) electrons. The Labute approximate surface area is 143 Å². The average molecular weight is 329 g/mol. The van der Waals surface area contributed by atoms with Crippen molar-refractivity contribution in [2.24, 2.45) is 0 Å². The van der Waals surface area contributed by atoms with Crippen LogP contribution in [0.5, 0.6) is 0 Å². The van der Waals surface area contributed by atoms with Crippen LogP contribution in [0.2, 0.25) is 0 Å². The minimum atomic E-state index is -0.326. The van der Waals surface area contributed by atoms with Gasteiger partial charge in [-0.25, -0.2) is 9.78 Å². The number of piperidine rings is 1. The molecule has 5 heteroatoms. The minimum absolute atomic E-state index is 0.326. The first-order valence-electron chi connectivity index (χ1n) is 8.57. The monoisotopic (exact) mass is 329 g/mol. The second-order valence-corrected chi connectivity index (χ2v) is 5.84. The molecule has 2 heterocycles. The van der Waals surface area contributed by atoms with E-state index in [4.69, 9.17) is 4.74 Å². The number of imidazole rings is 1. The fraction of sp³-hybridized carbons (Fsp3) is 0.474. The maximum absolute atomic E-state index is 11.6. The summed E-state index contributed by atoms with van der Waals surface area (Å²) in [6.07, 6.45) is 2.13. The van der Waals surface area contributed by atoms with Crippen molar-refractivity contribution in [1.29, 1.82) is 0 Å². The zero-order chi connectivity index (χ0) is 17.7. The number of benzene rings is 1. The van der Waals surface area contributed by atoms with Gasteiger partial charge < -0.3 is 14.6 Å². The number of rotatable bonds is 3. The van der Waals surface area contributed by atoms with Crippen LogP contribution in [0.4, 0.5) is 0 Å². The van der Waals surface area contributed by atoms with E-state index >= 15 is 0 Å². The molecule has 1 aliphatic rings. The van der Waals surface area contributed by atoms with E-state index in [1.807, 2.05) is 19.9 Å². The van der Waals surface area contributed by atoms with E-state index < -0.39 is 0 Å². The average Bonchev–Trinajstić information content (AvgIpc) is 3.06. The molecule has 2 aromatic rings. The number of hydrogen-bond acceptors (Lipinski definition) is 4. The number of carbonyl (C=O) groups excluding carboxylic acids is 1. The Kier molecular flexibility index (Phi) is 6.01. The molecule has 1 aromatic carbocycles. The van der Waals surface area contributed by atoms with Gasteiger partial charge in [-0.15, -0.1) is 0 Å². The van der Waals surface area contributed by atoms with Crippen molar-refractivity contribution in [1.82, 2.24) is 14.9 Å². The maximum Gasteiger partial charge on any atom is 0.337 e. The van der Waals surface area contributed by atoms with Crippen molar-refractivity contribution in [3.63, 3.8) is 0 Å². The number of aromatic nitrogens is 2. The van der Waals surface area contributed by atoms with Crippen LogP contribution in [0.25, 0.3) is 11.0 Å². The number of likely N-dealkylation sites (tertiary alicyclic amines) is 1. The molecule has 1 N–H and O–H groups in total. The summed E-state index contributed by atoms with van der Waals surface area (Å²) in [4.78, 5) is 22.0. The van der Waals surface area contributed by atoms with Crippen molar-refractivity contribution >= 4 is 17.0 Å². The lowest BCUT2D eigenvalue weighted by atomic mass is 9.96. The molecule has 0 aliphatic carbocycles. The zero-order valence-corrected chi connectivity index (χ0v) is 15.1. The van der Waals surface area contributed by atoms with Crippen LogP contribution in [0, 0.1) is 0 Å². The Hall–Kier alpha value is -2.30. The molecule has 1 fully saturated rings. The number of nitrogens with one attached hydrogen (secondary N) is 1. The highest BCUT2D eigenvalue weighted by Gasteiger charge is 2.23. The Bertz CT molecular complexity index is 712. The van der Waals surface area contributed by atoms with E-state index in [0.717, 1.165) is 48.5 Å². The zero-order valence-electron chi connectivity index (χ0n) is 15.1. The van der Waals surface area contributed by atoms with Crippen LogP contribution in [0.1, 0.15) is 55.7 Å². The minimum Gasteiger partial charge on any atom is -0.465 e. The molecule has 5 nitrogen and oxygen atoms in total. The van der Waals surface area contributed by atoms with Crippen molar-refractivity contribution in [2.45, 2.75) is 39.5 Å². The Morgan fingerprint density at radius 3 is 2.58 bits per heavy atom. The molecule has 0 atom stereocenters. The summed E-state index contributed by atoms with van der Waals surface area (Å²) in [6.45, 7) is 12.1. The first kappa shape index (κ1) is 18.0. The van der Waals surface area contributed by atoms with E-state index in [1.165, 1.54) is 7.11 Å². The summed E-state index contributed by atoms with van der Waals surface area (Å²) < 4.78 is 4.76. The van der Waals surface area contributed by atoms with E-state index in [1.54, 1.807) is 12.1 Å². The largest absolute Gasteiger partial charge is 0.465 e. The molecule has 0 saturated carbocycles. The third kappa shape index (κ3) is 3.78. The quantitative estimate of drug-likeness (QED) is 0.862. The lowest BCUT2D eigenvalue weighted by Crippen LogP contribution is -2.31. The first-order chi connectivity index (χ1) is 11.6. The predicted molar refractivity (Wildman–Crippen MR) is 97.1 cm³/mol. The lowest BCUT2D eigenvalue weighted by Gasteiger charge is -2.32. The molecular formula is C19H27N3O2. The SMILES string of the molecule is C=C(C)N1CCC(c2nc3ccc(C(=O)OC)cc3[nH]2)CC1.CC. The van der Waals surface area contributed by atoms with Crippen LogP contribution in [0.3, 0.4) is 0 Å². The van der Waals surface area contributed by atoms with Crippen LogP contribution >= 0.6 is 0 Å². The van der Waals surface area contributed by atoms with Gasteiger partial charge in [0.15, 0.2) is 0 Å². The fourth-order valence-corrected chi connectivity index (χ4v) is 3.00. The van der Waals surface area contributed by atoms with Crippen LogP contribution in [-0.4, -0.2) is 41.0 Å². The Balaban J connectivity index is 0.00000100. The number of esters is 1. The molecule has 1 saturated heterocycles. The number of fused-ring (bicyclic) bond motifs is 1. The molecule has 1 aliphatic heterocycles. The van der Waals surface area contributed by atoms with E-state index in [0.29, 0.717) is 11.5 Å². The molecule has 130 valence electrons. The van der Waals surface area contributed by atoms with Gasteiger partial charge in [0, 0.05) is 24.7 Å². The molecule has 24 heavy (non-hydrogen) atoms. The second kappa shape index (κ2) is 7.99. The molecule has 1 aromatic heterocycles. The van der Waals surface area contributed by atoms with Gasteiger partial charge in [-0.3, -0.25) is 0 Å². The standard InChI is InChI=1S/C17H21N3O2.C2H6/c1-11(2)20-8-6-12(7-9-20)16-18-14-5-4-13(17(21)22-3)10-15(14)19-16;1-2/h4-5,10,12H,1,6-9H2,2-3H3,(H,18,19);1-2H3. The molecule has 0 unspecified atom stereocenters. The normalized spacial score (nSPS) is 14.9. The van der Waals surface area contributed by atoms with Gasteiger partial charge in [0.25, 0.3) is 0 Å². The van der Waals surface area contributed by atoms with Crippen molar-refractivity contribution < 1.29 is 9.53 Å². The Morgan fingerprint density at radius 1 is 1.33 bits per heavy atom. The van der Waals surface area contributed by atoms with Gasteiger partial charge in [-0.05, 0) is 38.0 Å². The van der Waals surface area contributed by atoms with Gasteiger partial charge in [0.05, 0.1) is 23.7 Å². The highest BCUT2D eigenvalue weighted by Crippen LogP contribution is 2.29. The number of nitrogens with zero attached hydrogens (tertiary/aromatic N) is 2. The van der Waals surface area contributed by atoms with E-state index in [2.05, 4.69) is 28.4 Å². The first-order valence-corrected chi connectivity index (χ1v) is 8.57. The topological polar surface area (TPSA) is 58.2 Å². The summed E-state index contributed by atoms with van der Waals surface area (Å²) in [5.41, 5.74) is 3.46. The number of H-pyrrole nitrogens is 1. The van der Waals surface area contributed by atoms with Crippen molar-refractivity contribution in [3.8, 4) is 0 Å². The number of methoxy groups -OCH3 is 1. The fourth-order valence-electron chi connectivity index (χ4n) is 3.00. The van der Waals surface area contributed by atoms with Crippen molar-refractivity contribution in [2.75, 3.05) is 20.2 Å². The number of ether oxygens (including phenoxy) is 1. The summed E-state index contributed by atoms with van der Waals surface area (Å²) in [6, 6.07) is 5.42. The molecular weight excluding hydrogens is 302 g/mol. The number of hydrogen-bond donors (Lipinski definition) is 1. The molecule has 0 bridgehead atoms. The third-order valence-electron chi connectivity index (χ3n) is 4.34. The summed E-state index contributed by atoms with van der Waals surface area (Å²) in [7, 11) is 1.39.